The summed E-state index contributed by atoms with van der Waals surface area (Å²) in [6, 6.07) is 12.0. The van der Waals surface area contributed by atoms with Crippen molar-refractivity contribution in [3.05, 3.63) is 64.2 Å². The Kier molecular flexibility index (Phi) is 10.0. The van der Waals surface area contributed by atoms with Crippen LogP contribution < -0.4 is 4.74 Å². The van der Waals surface area contributed by atoms with Gasteiger partial charge in [0, 0.05) is 18.5 Å². The smallest absolute Gasteiger partial charge is 0.163 e. The molecule has 0 spiro atoms. The number of rotatable bonds is 9. The molecule has 0 radical (unpaired) electrons. The van der Waals surface area contributed by atoms with Gasteiger partial charge in [-0.05, 0) is 81.9 Å². The van der Waals surface area contributed by atoms with E-state index in [1.54, 1.807) is 0 Å². The Morgan fingerprint density at radius 3 is 2.42 bits per heavy atom. The summed E-state index contributed by atoms with van der Waals surface area (Å²) >= 11 is 0. The molecule has 1 aliphatic rings. The van der Waals surface area contributed by atoms with E-state index in [0.29, 0.717) is 26.0 Å². The van der Waals surface area contributed by atoms with Crippen LogP contribution >= 0.6 is 12.4 Å². The van der Waals surface area contributed by atoms with Crippen LogP contribution in [0.4, 0.5) is 0 Å². The van der Waals surface area contributed by atoms with Crippen LogP contribution in [0.15, 0.2) is 36.4 Å². The maximum Gasteiger partial charge on any atom is 0.163 e. The van der Waals surface area contributed by atoms with E-state index in [4.69, 9.17) is 4.74 Å². The number of ketones is 1. The first-order chi connectivity index (χ1) is 14.4. The van der Waals surface area contributed by atoms with Gasteiger partial charge in [0.25, 0.3) is 0 Å². The van der Waals surface area contributed by atoms with Crippen molar-refractivity contribution >= 4 is 18.2 Å². The number of Topliss-reactive ketones (excluding diaryl/α,β-unsaturated/α-hetero) is 1. The van der Waals surface area contributed by atoms with Gasteiger partial charge in [0.1, 0.15) is 18.5 Å². The monoisotopic (exact) mass is 445 g/mol. The summed E-state index contributed by atoms with van der Waals surface area (Å²) in [5.74, 6) is 0.939. The van der Waals surface area contributed by atoms with Gasteiger partial charge < -0.3 is 14.7 Å². The molecule has 5 heteroatoms. The van der Waals surface area contributed by atoms with Gasteiger partial charge in [0.05, 0.1) is 0 Å². The summed E-state index contributed by atoms with van der Waals surface area (Å²) in [5, 5.41) is 10.3. The zero-order chi connectivity index (χ0) is 21.5. The lowest BCUT2D eigenvalue weighted by molar-refractivity contribution is 0.0617. The number of hydrogen-bond donors (Lipinski definition) is 1. The fraction of sp³-hybridized carbons (Fsp3) is 0.500. The predicted octanol–water partition coefficient (Wildman–Crippen LogP) is 5.07. The molecule has 1 heterocycles. The first-order valence-electron chi connectivity index (χ1n) is 11.2. The first-order valence-corrected chi connectivity index (χ1v) is 11.2. The van der Waals surface area contributed by atoms with Gasteiger partial charge in [-0.15, -0.1) is 12.4 Å². The van der Waals surface area contributed by atoms with E-state index in [1.165, 1.54) is 24.8 Å². The number of carbonyl (C=O) groups excluding carboxylic acids is 1. The van der Waals surface area contributed by atoms with Gasteiger partial charge in [-0.2, -0.15) is 0 Å². The molecule has 4 nitrogen and oxygen atoms in total. The highest BCUT2D eigenvalue weighted by Crippen LogP contribution is 2.21. The van der Waals surface area contributed by atoms with Gasteiger partial charge in [0.15, 0.2) is 5.78 Å². The summed E-state index contributed by atoms with van der Waals surface area (Å²) in [6.45, 7) is 9.18. The number of hydrogen-bond acceptors (Lipinski definition) is 4. The molecular weight excluding hydrogens is 410 g/mol. The molecule has 1 atom stereocenters. The summed E-state index contributed by atoms with van der Waals surface area (Å²) in [4.78, 5) is 15.1. The number of likely N-dealkylation sites (tertiary alicyclic amines) is 1. The number of aliphatic hydroxyl groups is 1. The SMILES string of the molecule is Cc1cc(C)c(C(=O)CCc2cccc(OCC(O)CN3CCCCC3)c2)c(C)c1.Cl. The predicted molar refractivity (Wildman–Crippen MR) is 129 cm³/mol. The van der Waals surface area contributed by atoms with Crippen molar-refractivity contribution in [1.29, 1.82) is 0 Å². The fourth-order valence-electron chi connectivity index (χ4n) is 4.48. The molecule has 1 aliphatic heterocycles. The Morgan fingerprint density at radius 1 is 1.06 bits per heavy atom. The second-order valence-electron chi connectivity index (χ2n) is 8.67. The Morgan fingerprint density at radius 2 is 1.74 bits per heavy atom. The number of ether oxygens (including phenoxy) is 1. The summed E-state index contributed by atoms with van der Waals surface area (Å²) in [5.41, 5.74) is 5.23. The maximum absolute atomic E-state index is 12.8. The van der Waals surface area contributed by atoms with Gasteiger partial charge >= 0.3 is 0 Å². The Hall–Kier alpha value is -1.88. The van der Waals surface area contributed by atoms with Crippen LogP contribution in [-0.2, 0) is 6.42 Å². The zero-order valence-electron chi connectivity index (χ0n) is 19.0. The number of aryl methyl sites for hydroxylation is 4. The zero-order valence-corrected chi connectivity index (χ0v) is 19.8. The summed E-state index contributed by atoms with van der Waals surface area (Å²) < 4.78 is 5.83. The third-order valence-corrected chi connectivity index (χ3v) is 5.86. The Bertz CT molecular complexity index is 838. The van der Waals surface area contributed by atoms with Crippen molar-refractivity contribution in [2.24, 2.45) is 0 Å². The van der Waals surface area contributed by atoms with Crippen LogP contribution in [0.1, 0.15) is 58.3 Å². The van der Waals surface area contributed by atoms with Crippen LogP contribution in [0.25, 0.3) is 0 Å². The minimum atomic E-state index is -0.485. The molecule has 0 bridgehead atoms. The molecule has 170 valence electrons. The summed E-state index contributed by atoms with van der Waals surface area (Å²) in [6.07, 6.45) is 4.40. The van der Waals surface area contributed by atoms with Crippen LogP contribution in [0.5, 0.6) is 5.75 Å². The number of piperidine rings is 1. The molecular formula is C26H36ClNO3. The number of aliphatic hydroxyl groups excluding tert-OH is 1. The minimum absolute atomic E-state index is 0. The highest BCUT2D eigenvalue weighted by molar-refractivity contribution is 5.99. The van der Waals surface area contributed by atoms with Crippen LogP contribution in [-0.4, -0.2) is 48.1 Å². The van der Waals surface area contributed by atoms with E-state index in [2.05, 4.69) is 24.0 Å². The lowest BCUT2D eigenvalue weighted by Gasteiger charge is -2.28. The Labute approximate surface area is 193 Å². The van der Waals surface area contributed by atoms with E-state index >= 15 is 0 Å². The highest BCUT2D eigenvalue weighted by atomic mass is 35.5. The van der Waals surface area contributed by atoms with Crippen molar-refractivity contribution in [2.45, 2.75) is 59.0 Å². The minimum Gasteiger partial charge on any atom is -0.491 e. The third-order valence-electron chi connectivity index (χ3n) is 5.86. The number of benzene rings is 2. The molecule has 2 aromatic rings. The average molecular weight is 446 g/mol. The molecule has 2 aromatic carbocycles. The number of halogens is 1. The molecule has 31 heavy (non-hydrogen) atoms. The third kappa shape index (κ3) is 7.64. The van der Waals surface area contributed by atoms with Crippen molar-refractivity contribution in [2.75, 3.05) is 26.2 Å². The van der Waals surface area contributed by atoms with Gasteiger partial charge in [0.2, 0.25) is 0 Å². The lowest BCUT2D eigenvalue weighted by atomic mass is 9.93. The molecule has 3 rings (SSSR count). The largest absolute Gasteiger partial charge is 0.491 e. The van der Waals surface area contributed by atoms with Crippen molar-refractivity contribution in [1.82, 2.24) is 4.90 Å². The normalized spacial score (nSPS) is 15.2. The van der Waals surface area contributed by atoms with Gasteiger partial charge in [-0.3, -0.25) is 4.79 Å². The highest BCUT2D eigenvalue weighted by Gasteiger charge is 2.16. The van der Waals surface area contributed by atoms with Crippen LogP contribution in [0, 0.1) is 20.8 Å². The van der Waals surface area contributed by atoms with Crippen LogP contribution in [0.2, 0.25) is 0 Å². The van der Waals surface area contributed by atoms with Crippen LogP contribution in [0.3, 0.4) is 0 Å². The van der Waals surface area contributed by atoms with Gasteiger partial charge in [-0.1, -0.05) is 36.2 Å². The molecule has 0 amide bonds. The molecule has 0 aromatic heterocycles. The molecule has 0 saturated carbocycles. The summed E-state index contributed by atoms with van der Waals surface area (Å²) in [7, 11) is 0. The lowest BCUT2D eigenvalue weighted by Crippen LogP contribution is -2.38. The van der Waals surface area contributed by atoms with Crippen molar-refractivity contribution in [3.63, 3.8) is 0 Å². The molecule has 1 N–H and O–H groups in total. The standard InChI is InChI=1S/C26H35NO3.ClH/c1-19-14-20(2)26(21(3)15-19)25(29)11-10-22-8-7-9-24(16-22)30-18-23(28)17-27-12-5-4-6-13-27;/h7-9,14-16,23,28H,4-6,10-13,17-18H2,1-3H3;1H. The number of carbonyl (C=O) groups is 1. The molecule has 0 aliphatic carbocycles. The quantitative estimate of drug-likeness (QED) is 0.547. The van der Waals surface area contributed by atoms with E-state index in [-0.39, 0.29) is 18.2 Å². The van der Waals surface area contributed by atoms with E-state index < -0.39 is 6.10 Å². The first kappa shape index (κ1) is 25.4. The topological polar surface area (TPSA) is 49.8 Å². The van der Waals surface area contributed by atoms with Crippen molar-refractivity contribution in [3.8, 4) is 5.75 Å². The van der Waals surface area contributed by atoms with E-state index in [0.717, 1.165) is 41.1 Å². The van der Waals surface area contributed by atoms with Gasteiger partial charge in [-0.25, -0.2) is 0 Å². The van der Waals surface area contributed by atoms with Crippen molar-refractivity contribution < 1.29 is 14.6 Å². The fourth-order valence-corrected chi connectivity index (χ4v) is 4.48. The number of nitrogens with zero attached hydrogens (tertiary/aromatic N) is 1. The second-order valence-corrected chi connectivity index (χ2v) is 8.67. The van der Waals surface area contributed by atoms with E-state index in [9.17, 15) is 9.90 Å². The second kappa shape index (κ2) is 12.2. The maximum atomic E-state index is 12.8. The van der Waals surface area contributed by atoms with E-state index in [1.807, 2.05) is 38.1 Å². The molecule has 1 saturated heterocycles. The Balaban J connectivity index is 0.00000341. The average Bonchev–Trinajstić information content (AvgIpc) is 2.71. The molecule has 1 unspecified atom stereocenters. The molecule has 1 fully saturated rings. The number of β-amino-alcohol motifs (C(OH)–C–C–N with tert-alkyl or cyclic N) is 1.